The lowest BCUT2D eigenvalue weighted by Crippen LogP contribution is -2.55. The number of amides is 1. The van der Waals surface area contributed by atoms with Crippen molar-refractivity contribution in [2.24, 2.45) is 5.92 Å². The molecule has 9 heteroatoms. The fraction of sp³-hybridized carbons (Fsp3) is 0.600. The third kappa shape index (κ3) is 2.54. The first kappa shape index (κ1) is 16.4. The molecule has 0 bridgehead atoms. The van der Waals surface area contributed by atoms with Gasteiger partial charge in [-0.1, -0.05) is 0 Å². The van der Waals surface area contributed by atoms with Crippen LogP contribution in [0.15, 0.2) is 6.20 Å². The van der Waals surface area contributed by atoms with Gasteiger partial charge in [-0.2, -0.15) is 5.10 Å². The van der Waals surface area contributed by atoms with Crippen molar-refractivity contribution in [2.75, 3.05) is 20.1 Å². The highest BCUT2D eigenvalue weighted by atomic mass is 16.4. The summed E-state index contributed by atoms with van der Waals surface area (Å²) in [5, 5.41) is 24.8. The van der Waals surface area contributed by atoms with E-state index in [4.69, 9.17) is 5.11 Å². The molecule has 3 N–H and O–H groups in total. The van der Waals surface area contributed by atoms with Crippen molar-refractivity contribution in [1.82, 2.24) is 20.0 Å². The van der Waals surface area contributed by atoms with Crippen LogP contribution in [0.3, 0.4) is 0 Å². The lowest BCUT2D eigenvalue weighted by Gasteiger charge is -2.45. The molecule has 9 nitrogen and oxygen atoms in total. The number of hydrogen-bond acceptors (Lipinski definition) is 5. The molecule has 1 amide bonds. The second kappa shape index (κ2) is 5.90. The number of carboxylic acids is 2. The predicted molar refractivity (Wildman–Crippen MR) is 81.3 cm³/mol. The molecule has 2 fully saturated rings. The summed E-state index contributed by atoms with van der Waals surface area (Å²) in [4.78, 5) is 38.3. The van der Waals surface area contributed by atoms with Gasteiger partial charge in [0.15, 0.2) is 0 Å². The van der Waals surface area contributed by atoms with E-state index in [1.807, 2.05) is 0 Å². The summed E-state index contributed by atoms with van der Waals surface area (Å²) in [5.74, 6) is -2.79. The van der Waals surface area contributed by atoms with Gasteiger partial charge in [-0.25, -0.2) is 4.79 Å². The Labute approximate surface area is 138 Å². The molecule has 1 spiro atoms. The van der Waals surface area contributed by atoms with Gasteiger partial charge < -0.3 is 15.1 Å². The zero-order valence-corrected chi connectivity index (χ0v) is 13.4. The van der Waals surface area contributed by atoms with Crippen molar-refractivity contribution in [1.29, 1.82) is 0 Å². The molecule has 1 unspecified atom stereocenters. The molecule has 1 aromatic heterocycles. The third-order valence-electron chi connectivity index (χ3n) is 5.42. The van der Waals surface area contributed by atoms with E-state index in [0.29, 0.717) is 38.0 Å². The van der Waals surface area contributed by atoms with E-state index >= 15 is 0 Å². The van der Waals surface area contributed by atoms with E-state index in [1.165, 1.54) is 6.20 Å². The van der Waals surface area contributed by atoms with Crippen molar-refractivity contribution < 1.29 is 24.6 Å². The number of nitrogens with one attached hydrogen (secondary N) is 1. The molecule has 0 radical (unpaired) electrons. The van der Waals surface area contributed by atoms with Gasteiger partial charge in [-0.05, 0) is 12.8 Å². The van der Waals surface area contributed by atoms with Crippen molar-refractivity contribution in [3.8, 4) is 0 Å². The lowest BCUT2D eigenvalue weighted by atomic mass is 9.77. The quantitative estimate of drug-likeness (QED) is 0.706. The van der Waals surface area contributed by atoms with Gasteiger partial charge in [0.05, 0.1) is 17.7 Å². The largest absolute Gasteiger partial charge is 0.481 e. The zero-order valence-electron chi connectivity index (χ0n) is 13.4. The SMILES string of the molecule is CN1C(=O)CC(C(=O)O)C12CCN(Cc1cn[nH]c1C(=O)O)CC2. The fourth-order valence-electron chi connectivity index (χ4n) is 3.94. The van der Waals surface area contributed by atoms with E-state index in [-0.39, 0.29) is 18.0 Å². The van der Waals surface area contributed by atoms with Crippen LogP contribution in [-0.2, 0) is 16.1 Å². The normalized spacial score (nSPS) is 23.8. The van der Waals surface area contributed by atoms with Gasteiger partial charge >= 0.3 is 11.9 Å². The van der Waals surface area contributed by atoms with Crippen LogP contribution >= 0.6 is 0 Å². The molecular weight excluding hydrogens is 316 g/mol. The molecule has 130 valence electrons. The Morgan fingerprint density at radius 1 is 1.38 bits per heavy atom. The predicted octanol–water partition coefficient (Wildman–Crippen LogP) is 0.00540. The molecule has 2 saturated heterocycles. The van der Waals surface area contributed by atoms with Gasteiger partial charge in [0.25, 0.3) is 0 Å². The lowest BCUT2D eigenvalue weighted by molar-refractivity contribution is -0.146. The molecular formula is C15H20N4O5. The molecule has 2 aliphatic rings. The van der Waals surface area contributed by atoms with Crippen LogP contribution in [0.4, 0.5) is 0 Å². The maximum Gasteiger partial charge on any atom is 0.354 e. The highest BCUT2D eigenvalue weighted by Crippen LogP contribution is 2.43. The number of carbonyl (C=O) groups excluding carboxylic acids is 1. The highest BCUT2D eigenvalue weighted by molar-refractivity contribution is 5.88. The summed E-state index contributed by atoms with van der Waals surface area (Å²) in [6.07, 6.45) is 2.68. The minimum atomic E-state index is -1.05. The first-order valence-corrected chi connectivity index (χ1v) is 7.82. The van der Waals surface area contributed by atoms with E-state index < -0.39 is 23.4 Å². The monoisotopic (exact) mass is 336 g/mol. The summed E-state index contributed by atoms with van der Waals surface area (Å²) < 4.78 is 0. The molecule has 0 saturated carbocycles. The smallest absolute Gasteiger partial charge is 0.354 e. The number of aliphatic carboxylic acids is 1. The van der Waals surface area contributed by atoms with Crippen molar-refractivity contribution in [2.45, 2.75) is 31.3 Å². The Kier molecular flexibility index (Phi) is 4.04. The number of aromatic amines is 1. The standard InChI is InChI=1S/C15H20N4O5/c1-18-11(20)6-10(13(21)22)15(18)2-4-19(5-3-15)8-9-7-16-17-12(9)14(23)24/h7,10H,2-6,8H2,1H3,(H,16,17)(H,21,22)(H,23,24). The van der Waals surface area contributed by atoms with Gasteiger partial charge in [0, 0.05) is 38.7 Å². The number of piperidine rings is 1. The van der Waals surface area contributed by atoms with Crippen LogP contribution in [-0.4, -0.2) is 73.7 Å². The van der Waals surface area contributed by atoms with E-state index in [2.05, 4.69) is 15.1 Å². The average Bonchev–Trinajstić information content (AvgIpc) is 3.09. The van der Waals surface area contributed by atoms with Crippen molar-refractivity contribution in [3.63, 3.8) is 0 Å². The molecule has 1 atom stereocenters. The number of aromatic nitrogens is 2. The molecule has 0 aliphatic carbocycles. The minimum absolute atomic E-state index is 0.0523. The Hall–Kier alpha value is -2.42. The Bertz CT molecular complexity index is 677. The molecule has 1 aromatic rings. The van der Waals surface area contributed by atoms with Gasteiger partial charge in [-0.3, -0.25) is 19.6 Å². The molecule has 24 heavy (non-hydrogen) atoms. The number of hydrogen-bond donors (Lipinski definition) is 3. The first-order valence-electron chi connectivity index (χ1n) is 7.82. The average molecular weight is 336 g/mol. The Morgan fingerprint density at radius 3 is 2.62 bits per heavy atom. The number of rotatable bonds is 4. The van der Waals surface area contributed by atoms with E-state index in [1.54, 1.807) is 11.9 Å². The summed E-state index contributed by atoms with van der Waals surface area (Å²) in [6.45, 7) is 1.64. The van der Waals surface area contributed by atoms with Crippen LogP contribution in [0.1, 0.15) is 35.3 Å². The maximum atomic E-state index is 12.0. The molecule has 2 aliphatic heterocycles. The van der Waals surface area contributed by atoms with Crippen molar-refractivity contribution in [3.05, 3.63) is 17.5 Å². The number of carbonyl (C=O) groups is 3. The van der Waals surface area contributed by atoms with E-state index in [9.17, 15) is 19.5 Å². The number of nitrogens with zero attached hydrogens (tertiary/aromatic N) is 3. The number of aromatic carboxylic acids is 1. The van der Waals surface area contributed by atoms with Gasteiger partial charge in [0.2, 0.25) is 5.91 Å². The van der Waals surface area contributed by atoms with Crippen molar-refractivity contribution >= 4 is 17.8 Å². The number of carboxylic acid groups (broad SMARTS) is 2. The Morgan fingerprint density at radius 2 is 2.04 bits per heavy atom. The van der Waals surface area contributed by atoms with Crippen LogP contribution in [0.25, 0.3) is 0 Å². The number of H-pyrrole nitrogens is 1. The number of likely N-dealkylation sites (tertiary alicyclic amines) is 2. The molecule has 0 aromatic carbocycles. The maximum absolute atomic E-state index is 12.0. The summed E-state index contributed by atoms with van der Waals surface area (Å²) in [5.41, 5.74) is 0.0433. The van der Waals surface area contributed by atoms with Gasteiger partial charge in [0.1, 0.15) is 5.69 Å². The van der Waals surface area contributed by atoms with Gasteiger partial charge in [-0.15, -0.1) is 0 Å². The highest BCUT2D eigenvalue weighted by Gasteiger charge is 2.55. The third-order valence-corrected chi connectivity index (χ3v) is 5.42. The molecule has 3 heterocycles. The first-order chi connectivity index (χ1) is 11.3. The Balaban J connectivity index is 1.71. The second-order valence-corrected chi connectivity index (χ2v) is 6.50. The van der Waals surface area contributed by atoms with Crippen LogP contribution < -0.4 is 0 Å². The van der Waals surface area contributed by atoms with E-state index in [0.717, 1.165) is 0 Å². The summed E-state index contributed by atoms with van der Waals surface area (Å²) in [6, 6.07) is 0. The van der Waals surface area contributed by atoms with Crippen LogP contribution in [0.5, 0.6) is 0 Å². The van der Waals surface area contributed by atoms with Crippen LogP contribution in [0, 0.1) is 5.92 Å². The molecule has 3 rings (SSSR count). The zero-order chi connectivity index (χ0) is 17.5. The topological polar surface area (TPSA) is 127 Å². The summed E-state index contributed by atoms with van der Waals surface area (Å²) >= 11 is 0. The minimum Gasteiger partial charge on any atom is -0.481 e. The second-order valence-electron chi connectivity index (χ2n) is 6.50. The van der Waals surface area contributed by atoms with Crippen LogP contribution in [0.2, 0.25) is 0 Å². The fourth-order valence-corrected chi connectivity index (χ4v) is 3.94. The summed E-state index contributed by atoms with van der Waals surface area (Å²) in [7, 11) is 1.68.